The number of ether oxygens (including phenoxy) is 2. The predicted molar refractivity (Wildman–Crippen MR) is 112 cm³/mol. The molecule has 0 aliphatic carbocycles. The summed E-state index contributed by atoms with van der Waals surface area (Å²) in [4.78, 5) is 14.8. The first kappa shape index (κ1) is 22.4. The van der Waals surface area contributed by atoms with E-state index in [0.29, 0.717) is 19.3 Å². The fourth-order valence-corrected chi connectivity index (χ4v) is 4.31. The molecule has 0 N–H and O–H groups in total. The third-order valence-electron chi connectivity index (χ3n) is 6.10. The molecule has 2 aliphatic rings. The van der Waals surface area contributed by atoms with Crippen molar-refractivity contribution in [3.8, 4) is 0 Å². The maximum atomic E-state index is 12.1. The van der Waals surface area contributed by atoms with Gasteiger partial charge in [0, 0.05) is 17.0 Å². The fraction of sp³-hybridized carbons (Fsp3) is 0.864. The van der Waals surface area contributed by atoms with Crippen molar-refractivity contribution in [2.45, 2.75) is 97.6 Å². The molecular formula is C22H38N4O3. The largest absolute Gasteiger partial charge is 0.374 e. The number of carbonyl (C=O) groups excluding carboxylic acids is 1. The zero-order chi connectivity index (χ0) is 21.3. The SMILES string of the molecule is CC(C)(C)OC[C@]12CCCN1[C@@H](COCc1cn(CC(=O)C(C)(C)C)nn1)CC2. The zero-order valence-corrected chi connectivity index (χ0v) is 19.0. The van der Waals surface area contributed by atoms with Gasteiger partial charge in [0.25, 0.3) is 0 Å². The lowest BCUT2D eigenvalue weighted by Crippen LogP contribution is -2.48. The van der Waals surface area contributed by atoms with Crippen LogP contribution < -0.4 is 0 Å². The minimum atomic E-state index is -0.371. The number of carbonyl (C=O) groups is 1. The summed E-state index contributed by atoms with van der Waals surface area (Å²) >= 11 is 0. The van der Waals surface area contributed by atoms with Gasteiger partial charge < -0.3 is 9.47 Å². The molecule has 3 rings (SSSR count). The van der Waals surface area contributed by atoms with E-state index in [2.05, 4.69) is 36.0 Å². The number of aromatic nitrogens is 3. The van der Waals surface area contributed by atoms with Crippen molar-refractivity contribution in [3.63, 3.8) is 0 Å². The fourth-order valence-electron chi connectivity index (χ4n) is 4.31. The second-order valence-electron chi connectivity index (χ2n) is 10.7. The monoisotopic (exact) mass is 406 g/mol. The molecule has 2 atom stereocenters. The summed E-state index contributed by atoms with van der Waals surface area (Å²) in [5, 5.41) is 8.22. The molecule has 7 nitrogen and oxygen atoms in total. The zero-order valence-electron chi connectivity index (χ0n) is 19.0. The highest BCUT2D eigenvalue weighted by Crippen LogP contribution is 2.43. The Bertz CT molecular complexity index is 704. The maximum absolute atomic E-state index is 12.1. The molecule has 0 bridgehead atoms. The lowest BCUT2D eigenvalue weighted by molar-refractivity contribution is -0.127. The number of ketones is 1. The number of Topliss-reactive ketones (excluding diaryl/α,β-unsaturated/α-hetero) is 1. The number of hydrogen-bond acceptors (Lipinski definition) is 6. The summed E-state index contributed by atoms with van der Waals surface area (Å²) in [5.41, 5.74) is 0.494. The van der Waals surface area contributed by atoms with Gasteiger partial charge in [-0.25, -0.2) is 4.68 Å². The highest BCUT2D eigenvalue weighted by molar-refractivity contribution is 5.83. The van der Waals surface area contributed by atoms with Gasteiger partial charge in [0.05, 0.1) is 31.6 Å². The molecule has 164 valence electrons. The Balaban J connectivity index is 1.47. The van der Waals surface area contributed by atoms with Crippen LogP contribution in [0.4, 0.5) is 0 Å². The lowest BCUT2D eigenvalue weighted by Gasteiger charge is -2.37. The molecular weight excluding hydrogens is 368 g/mol. The molecule has 0 spiro atoms. The lowest BCUT2D eigenvalue weighted by atomic mass is 9.91. The Morgan fingerprint density at radius 1 is 1.24 bits per heavy atom. The van der Waals surface area contributed by atoms with Crippen LogP contribution in [-0.4, -0.2) is 62.6 Å². The van der Waals surface area contributed by atoms with E-state index in [4.69, 9.17) is 9.47 Å². The third kappa shape index (κ3) is 5.64. The van der Waals surface area contributed by atoms with Crippen LogP contribution in [0.5, 0.6) is 0 Å². The molecule has 1 aromatic rings. The van der Waals surface area contributed by atoms with E-state index in [1.165, 1.54) is 19.3 Å². The second kappa shape index (κ2) is 8.44. The van der Waals surface area contributed by atoms with Gasteiger partial charge in [0.1, 0.15) is 12.2 Å². The molecule has 2 fully saturated rings. The molecule has 29 heavy (non-hydrogen) atoms. The first-order chi connectivity index (χ1) is 13.5. The van der Waals surface area contributed by atoms with Crippen molar-refractivity contribution in [3.05, 3.63) is 11.9 Å². The predicted octanol–water partition coefficient (Wildman–Crippen LogP) is 3.22. The Hall–Kier alpha value is -1.31. The number of rotatable bonds is 8. The quantitative estimate of drug-likeness (QED) is 0.660. The smallest absolute Gasteiger partial charge is 0.159 e. The van der Waals surface area contributed by atoms with E-state index in [9.17, 15) is 4.79 Å². The van der Waals surface area contributed by atoms with Crippen molar-refractivity contribution in [1.82, 2.24) is 19.9 Å². The van der Waals surface area contributed by atoms with Crippen LogP contribution >= 0.6 is 0 Å². The van der Waals surface area contributed by atoms with Gasteiger partial charge in [-0.2, -0.15) is 0 Å². The Morgan fingerprint density at radius 2 is 2.00 bits per heavy atom. The van der Waals surface area contributed by atoms with Crippen molar-refractivity contribution in [1.29, 1.82) is 0 Å². The standard InChI is InChI=1S/C22H38N4O3/c1-20(2,3)19(27)13-25-12-17(23-24-25)14-28-15-18-8-10-22(9-7-11-26(18)22)16-29-21(4,5)6/h12,18H,7-11,13-16H2,1-6H3/t18-,22-/m1/s1. The van der Waals surface area contributed by atoms with Crippen LogP contribution in [0.3, 0.4) is 0 Å². The average Bonchev–Trinajstić information content (AvgIpc) is 3.28. The molecule has 0 aromatic carbocycles. The topological polar surface area (TPSA) is 69.5 Å². The maximum Gasteiger partial charge on any atom is 0.159 e. The number of fused-ring (bicyclic) bond motifs is 1. The van der Waals surface area contributed by atoms with Crippen LogP contribution in [0.25, 0.3) is 0 Å². The summed E-state index contributed by atoms with van der Waals surface area (Å²) in [7, 11) is 0. The van der Waals surface area contributed by atoms with Crippen LogP contribution in [0.15, 0.2) is 6.20 Å². The highest BCUT2D eigenvalue weighted by Gasteiger charge is 2.49. The van der Waals surface area contributed by atoms with E-state index in [0.717, 1.165) is 25.3 Å². The van der Waals surface area contributed by atoms with E-state index in [-0.39, 0.29) is 28.9 Å². The summed E-state index contributed by atoms with van der Waals surface area (Å²) in [5.74, 6) is 0.142. The van der Waals surface area contributed by atoms with E-state index in [1.54, 1.807) is 4.68 Å². The summed E-state index contributed by atoms with van der Waals surface area (Å²) in [6, 6.07) is 0.443. The van der Waals surface area contributed by atoms with Gasteiger partial charge in [-0.3, -0.25) is 9.69 Å². The van der Waals surface area contributed by atoms with Crippen molar-refractivity contribution in [2.75, 3.05) is 19.8 Å². The van der Waals surface area contributed by atoms with Crippen LogP contribution in [0.2, 0.25) is 0 Å². The first-order valence-electron chi connectivity index (χ1n) is 10.9. The molecule has 1 aromatic heterocycles. The molecule has 0 saturated carbocycles. The van der Waals surface area contributed by atoms with Gasteiger partial charge >= 0.3 is 0 Å². The van der Waals surface area contributed by atoms with Gasteiger partial charge in [0.2, 0.25) is 0 Å². The van der Waals surface area contributed by atoms with E-state index < -0.39 is 0 Å². The minimum Gasteiger partial charge on any atom is -0.374 e. The average molecular weight is 407 g/mol. The van der Waals surface area contributed by atoms with Crippen molar-refractivity contribution in [2.24, 2.45) is 5.41 Å². The molecule has 0 radical (unpaired) electrons. The normalized spacial score (nSPS) is 25.5. The molecule has 2 aliphatic heterocycles. The molecule has 0 amide bonds. The van der Waals surface area contributed by atoms with Crippen molar-refractivity contribution < 1.29 is 14.3 Å². The summed E-state index contributed by atoms with van der Waals surface area (Å²) < 4.78 is 13.8. The molecule has 3 heterocycles. The molecule has 2 saturated heterocycles. The molecule has 0 unspecified atom stereocenters. The third-order valence-corrected chi connectivity index (χ3v) is 6.10. The number of nitrogens with zero attached hydrogens (tertiary/aromatic N) is 4. The Morgan fingerprint density at radius 3 is 2.69 bits per heavy atom. The summed E-state index contributed by atoms with van der Waals surface area (Å²) in [6.45, 7) is 15.5. The van der Waals surface area contributed by atoms with Gasteiger partial charge in [-0.1, -0.05) is 26.0 Å². The van der Waals surface area contributed by atoms with E-state index >= 15 is 0 Å². The second-order valence-corrected chi connectivity index (χ2v) is 10.7. The highest BCUT2D eigenvalue weighted by atomic mass is 16.5. The first-order valence-corrected chi connectivity index (χ1v) is 10.9. The van der Waals surface area contributed by atoms with E-state index in [1.807, 2.05) is 27.0 Å². The Labute approximate surface area is 175 Å². The van der Waals surface area contributed by atoms with Gasteiger partial charge in [-0.05, 0) is 53.0 Å². The Kier molecular flexibility index (Phi) is 6.51. The van der Waals surface area contributed by atoms with Gasteiger partial charge in [-0.15, -0.1) is 5.10 Å². The molecule has 7 heteroatoms. The van der Waals surface area contributed by atoms with Crippen molar-refractivity contribution >= 4 is 5.78 Å². The number of hydrogen-bond donors (Lipinski definition) is 0. The van der Waals surface area contributed by atoms with Gasteiger partial charge in [0.15, 0.2) is 5.78 Å². The van der Waals surface area contributed by atoms with Crippen LogP contribution in [0, 0.1) is 5.41 Å². The minimum absolute atomic E-state index is 0.0994. The van der Waals surface area contributed by atoms with Crippen LogP contribution in [-0.2, 0) is 27.4 Å². The summed E-state index contributed by atoms with van der Waals surface area (Å²) in [6.07, 6.45) is 6.61. The van der Waals surface area contributed by atoms with Crippen LogP contribution in [0.1, 0.15) is 72.9 Å².